The summed E-state index contributed by atoms with van der Waals surface area (Å²) in [5, 5.41) is 4.53. The summed E-state index contributed by atoms with van der Waals surface area (Å²) < 4.78 is 40.0. The molecule has 0 fully saturated rings. The monoisotopic (exact) mass is 508 g/mol. The van der Waals surface area contributed by atoms with Gasteiger partial charge in [0.1, 0.15) is 5.04 Å². The van der Waals surface area contributed by atoms with Gasteiger partial charge in [0, 0.05) is 5.69 Å². The number of urea groups is 1. The number of nitrogens with one attached hydrogen (secondary N) is 1. The van der Waals surface area contributed by atoms with Crippen LogP contribution in [0.5, 0.6) is 0 Å². The first-order chi connectivity index (χ1) is 16.1. The Labute approximate surface area is 199 Å². The van der Waals surface area contributed by atoms with Crippen molar-refractivity contribution < 1.29 is 32.1 Å². The molecule has 4 rings (SSSR count). The molecule has 4 amide bonds. The maximum absolute atomic E-state index is 12.9. The van der Waals surface area contributed by atoms with Crippen molar-refractivity contribution in [3.05, 3.63) is 52.2 Å². The fourth-order valence-electron chi connectivity index (χ4n) is 3.31. The average molecular weight is 509 g/mol. The van der Waals surface area contributed by atoms with E-state index in [1.54, 1.807) is 12.1 Å². The Bertz CT molecular complexity index is 1270. The number of nitrogens with zero attached hydrogens (tertiary/aromatic N) is 4. The number of aliphatic imine (C=N–C) groups is 2. The number of hydrogen-bond acceptors (Lipinski definition) is 7. The minimum Gasteiger partial charge on any atom is -0.325 e. The fraction of sp³-hybridized carbons (Fsp3) is 0.238. The van der Waals surface area contributed by atoms with E-state index in [-0.39, 0.29) is 22.3 Å². The molecule has 1 aromatic heterocycles. The molecule has 2 aromatic rings. The number of fused-ring (bicyclic) bond motifs is 1. The number of thioether (sulfide) groups is 1. The number of amidine groups is 2. The molecule has 0 spiro atoms. The number of imide groups is 1. The smallest absolute Gasteiger partial charge is 0.325 e. The molecule has 8 nitrogen and oxygen atoms in total. The third-order valence-electron chi connectivity index (χ3n) is 5.00. The standard InChI is InChI=1S/C21H16F3N5O3S2/c1-28-17-15(19(31)29(2)20(28)32)18(27-16(26-17)13-7-4-8-33-13)34-10-14(30)25-12-6-3-5-11(9-12)21(22,23)24/h3-9,15H,10H2,1-2H3/p+1. The molecule has 3 heterocycles. The van der Waals surface area contributed by atoms with Crippen LogP contribution >= 0.6 is 23.1 Å². The lowest BCUT2D eigenvalue weighted by molar-refractivity contribution is -0.407. The maximum Gasteiger partial charge on any atom is 0.445 e. The molecule has 34 heavy (non-hydrogen) atoms. The molecule has 176 valence electrons. The zero-order valence-corrected chi connectivity index (χ0v) is 19.4. The van der Waals surface area contributed by atoms with Crippen molar-refractivity contribution in [3.8, 4) is 0 Å². The van der Waals surface area contributed by atoms with Crippen LogP contribution in [-0.2, 0) is 15.8 Å². The number of anilines is 1. The van der Waals surface area contributed by atoms with E-state index in [4.69, 9.17) is 0 Å². The van der Waals surface area contributed by atoms with Gasteiger partial charge in [-0.25, -0.2) is 9.79 Å². The van der Waals surface area contributed by atoms with Gasteiger partial charge in [-0.05, 0) is 29.6 Å². The molecular weight excluding hydrogens is 491 g/mol. The van der Waals surface area contributed by atoms with Crippen molar-refractivity contribution in [1.29, 1.82) is 0 Å². The van der Waals surface area contributed by atoms with Crippen LogP contribution in [-0.4, -0.2) is 63.9 Å². The van der Waals surface area contributed by atoms with E-state index in [2.05, 4.69) is 15.3 Å². The number of hydrogen-bond donors (Lipinski definition) is 1. The zero-order chi connectivity index (χ0) is 24.6. The summed E-state index contributed by atoms with van der Waals surface area (Å²) in [6, 6.07) is 7.35. The van der Waals surface area contributed by atoms with Gasteiger partial charge in [-0.15, -0.1) is 11.3 Å². The highest BCUT2D eigenvalue weighted by Gasteiger charge is 2.49. The van der Waals surface area contributed by atoms with Crippen molar-refractivity contribution in [2.45, 2.75) is 6.18 Å². The van der Waals surface area contributed by atoms with Crippen molar-refractivity contribution in [2.75, 3.05) is 25.2 Å². The van der Waals surface area contributed by atoms with Gasteiger partial charge in [-0.1, -0.05) is 28.9 Å². The van der Waals surface area contributed by atoms with Crippen LogP contribution < -0.4 is 5.32 Å². The second-order valence-electron chi connectivity index (χ2n) is 7.31. The molecule has 2 aliphatic heterocycles. The first-order valence-corrected chi connectivity index (χ1v) is 11.7. The lowest BCUT2D eigenvalue weighted by atomic mass is 10.0. The lowest BCUT2D eigenvalue weighted by Crippen LogP contribution is -2.54. The molecule has 0 saturated carbocycles. The third kappa shape index (κ3) is 4.66. The molecule has 0 saturated heterocycles. The Hall–Kier alpha value is -3.32. The summed E-state index contributed by atoms with van der Waals surface area (Å²) in [5.74, 6) is -1.79. The fourth-order valence-corrected chi connectivity index (χ4v) is 4.85. The average Bonchev–Trinajstić information content (AvgIpc) is 3.34. The number of thiophene rings is 1. The van der Waals surface area contributed by atoms with Crippen LogP contribution in [0.1, 0.15) is 10.4 Å². The van der Waals surface area contributed by atoms with Crippen LogP contribution in [0.3, 0.4) is 0 Å². The lowest BCUT2D eigenvalue weighted by Gasteiger charge is -2.26. The van der Waals surface area contributed by atoms with Crippen LogP contribution in [0.4, 0.5) is 23.7 Å². The van der Waals surface area contributed by atoms with Gasteiger partial charge in [0.25, 0.3) is 5.84 Å². The summed E-state index contributed by atoms with van der Waals surface area (Å²) in [7, 11) is 2.84. The van der Waals surface area contributed by atoms with Crippen LogP contribution in [0.25, 0.3) is 0 Å². The van der Waals surface area contributed by atoms with Crippen LogP contribution in [0.2, 0.25) is 0 Å². The first kappa shape index (κ1) is 23.8. The Morgan fingerprint density at radius 2 is 2.00 bits per heavy atom. The van der Waals surface area contributed by atoms with Gasteiger partial charge >= 0.3 is 18.1 Å². The molecule has 0 bridgehead atoms. The molecule has 1 aromatic carbocycles. The summed E-state index contributed by atoms with van der Waals surface area (Å²) in [6.07, 6.45) is -4.53. The SMILES string of the molecule is CN1C(=O)C2C(SCC(=O)Nc3cccc(C(F)(F)F)c3)=NC(c3cccs3)=NC2=[N+](C)C1=O. The summed E-state index contributed by atoms with van der Waals surface area (Å²) >= 11 is 2.34. The van der Waals surface area contributed by atoms with E-state index in [0.717, 1.165) is 28.8 Å². The summed E-state index contributed by atoms with van der Waals surface area (Å²) in [5.41, 5.74) is -0.882. The number of amides is 4. The summed E-state index contributed by atoms with van der Waals surface area (Å²) in [6.45, 7) is 0. The Balaban J connectivity index is 1.58. The Kier molecular flexibility index (Phi) is 6.41. The van der Waals surface area contributed by atoms with Gasteiger partial charge in [0.15, 0.2) is 5.92 Å². The predicted molar refractivity (Wildman–Crippen MR) is 124 cm³/mol. The number of alkyl halides is 3. The molecular formula is C21H17F3N5O3S2+. The Morgan fingerprint density at radius 3 is 2.68 bits per heavy atom. The van der Waals surface area contributed by atoms with E-state index < -0.39 is 35.5 Å². The van der Waals surface area contributed by atoms with Crippen LogP contribution in [0, 0.1) is 5.92 Å². The minimum atomic E-state index is -4.53. The van der Waals surface area contributed by atoms with E-state index in [1.165, 1.54) is 42.1 Å². The quantitative estimate of drug-likeness (QED) is 0.640. The number of carbonyl (C=O) groups is 3. The molecule has 1 unspecified atom stereocenters. The summed E-state index contributed by atoms with van der Waals surface area (Å²) in [4.78, 5) is 48.4. The van der Waals surface area contributed by atoms with E-state index >= 15 is 0 Å². The van der Waals surface area contributed by atoms with Crippen molar-refractivity contribution in [1.82, 2.24) is 4.90 Å². The third-order valence-corrected chi connectivity index (χ3v) is 6.90. The molecule has 0 radical (unpaired) electrons. The maximum atomic E-state index is 12.9. The second kappa shape index (κ2) is 9.14. The largest absolute Gasteiger partial charge is 0.445 e. The zero-order valence-electron chi connectivity index (χ0n) is 17.8. The molecule has 0 aliphatic carbocycles. The van der Waals surface area contributed by atoms with Gasteiger partial charge in [0.2, 0.25) is 11.7 Å². The van der Waals surface area contributed by atoms with Crippen molar-refractivity contribution in [2.24, 2.45) is 15.9 Å². The van der Waals surface area contributed by atoms with Crippen LogP contribution in [0.15, 0.2) is 51.8 Å². The number of benzene rings is 1. The highest BCUT2D eigenvalue weighted by Crippen LogP contribution is 2.31. The first-order valence-electron chi connectivity index (χ1n) is 9.79. The van der Waals surface area contributed by atoms with E-state index in [0.29, 0.717) is 10.7 Å². The normalized spacial score (nSPS) is 18.5. The van der Waals surface area contributed by atoms with Gasteiger partial charge in [0.05, 0.1) is 30.3 Å². The van der Waals surface area contributed by atoms with Gasteiger partial charge in [-0.3, -0.25) is 9.59 Å². The van der Waals surface area contributed by atoms with Gasteiger partial charge in [-0.2, -0.15) is 22.6 Å². The highest BCUT2D eigenvalue weighted by molar-refractivity contribution is 8.14. The van der Waals surface area contributed by atoms with E-state index in [9.17, 15) is 27.6 Å². The number of halogens is 3. The molecule has 13 heteroatoms. The molecule has 1 atom stereocenters. The van der Waals surface area contributed by atoms with Crippen molar-refractivity contribution in [3.63, 3.8) is 0 Å². The number of rotatable bonds is 4. The Morgan fingerprint density at radius 1 is 1.24 bits per heavy atom. The molecule has 1 N–H and O–H groups in total. The predicted octanol–water partition coefficient (Wildman–Crippen LogP) is 3.55. The van der Waals surface area contributed by atoms with Gasteiger partial charge < -0.3 is 5.32 Å². The second-order valence-corrected chi connectivity index (χ2v) is 9.25. The highest BCUT2D eigenvalue weighted by atomic mass is 32.2. The minimum absolute atomic E-state index is 0.00194. The molecule has 2 aliphatic rings. The van der Waals surface area contributed by atoms with Crippen molar-refractivity contribution >= 4 is 63.3 Å². The topological polar surface area (TPSA) is 94.2 Å². The van der Waals surface area contributed by atoms with E-state index in [1.807, 2.05) is 5.38 Å². The number of carbonyl (C=O) groups excluding carboxylic acids is 3.